The molecule has 0 radical (unpaired) electrons. The van der Waals surface area contributed by atoms with Gasteiger partial charge >= 0.3 is 5.97 Å². The third kappa shape index (κ3) is 5.28. The molecule has 0 saturated carbocycles. The summed E-state index contributed by atoms with van der Waals surface area (Å²) in [5.41, 5.74) is 4.76. The van der Waals surface area contributed by atoms with Crippen molar-refractivity contribution in [1.29, 1.82) is 0 Å². The SMILES string of the molecule is CCc1nn(Cc2ccc([S+]([O-])Cc3ccccc3)cc2)c(CC)c1CC(=O)O. The molecule has 0 spiro atoms. The third-order valence-electron chi connectivity index (χ3n) is 4.91. The van der Waals surface area contributed by atoms with Gasteiger partial charge in [-0.1, -0.05) is 56.3 Å². The number of carbonyl (C=O) groups is 1. The van der Waals surface area contributed by atoms with Crippen LogP contribution in [0.5, 0.6) is 0 Å². The smallest absolute Gasteiger partial charge is 0.307 e. The van der Waals surface area contributed by atoms with Gasteiger partial charge in [-0.15, -0.1) is 0 Å². The Morgan fingerprint density at radius 3 is 2.31 bits per heavy atom. The van der Waals surface area contributed by atoms with Crippen LogP contribution in [-0.4, -0.2) is 25.4 Å². The highest BCUT2D eigenvalue weighted by Crippen LogP contribution is 2.21. The van der Waals surface area contributed by atoms with Crippen LogP contribution in [0.2, 0.25) is 0 Å². The summed E-state index contributed by atoms with van der Waals surface area (Å²) in [6, 6.07) is 17.6. The number of carboxylic acid groups (broad SMARTS) is 1. The first kappa shape index (κ1) is 21.1. The van der Waals surface area contributed by atoms with Gasteiger partial charge in [0, 0.05) is 16.8 Å². The lowest BCUT2D eigenvalue weighted by molar-refractivity contribution is -0.136. The van der Waals surface area contributed by atoms with Crippen molar-refractivity contribution in [2.75, 3.05) is 0 Å². The minimum Gasteiger partial charge on any atom is -0.611 e. The maximum absolute atomic E-state index is 12.6. The molecule has 152 valence electrons. The molecule has 0 aliphatic rings. The number of benzene rings is 2. The van der Waals surface area contributed by atoms with Crippen LogP contribution in [0.1, 0.15) is 41.9 Å². The fraction of sp³-hybridized carbons (Fsp3) is 0.304. The van der Waals surface area contributed by atoms with E-state index in [2.05, 4.69) is 5.10 Å². The third-order valence-corrected chi connectivity index (χ3v) is 6.30. The van der Waals surface area contributed by atoms with E-state index < -0.39 is 17.1 Å². The van der Waals surface area contributed by atoms with Crippen LogP contribution >= 0.6 is 0 Å². The lowest BCUT2D eigenvalue weighted by Crippen LogP contribution is -2.09. The van der Waals surface area contributed by atoms with Gasteiger partial charge in [0.15, 0.2) is 4.90 Å². The van der Waals surface area contributed by atoms with Crippen molar-refractivity contribution >= 4 is 17.1 Å². The van der Waals surface area contributed by atoms with Crippen LogP contribution in [0.15, 0.2) is 59.5 Å². The zero-order valence-corrected chi connectivity index (χ0v) is 17.6. The van der Waals surface area contributed by atoms with E-state index in [9.17, 15) is 14.5 Å². The number of rotatable bonds is 9. The van der Waals surface area contributed by atoms with Crippen molar-refractivity contribution in [3.05, 3.63) is 82.7 Å². The molecular weight excluding hydrogens is 384 g/mol. The first-order chi connectivity index (χ1) is 14.0. The minimum absolute atomic E-state index is 0.00372. The average Bonchev–Trinajstić information content (AvgIpc) is 3.04. The lowest BCUT2D eigenvalue weighted by atomic mass is 10.1. The van der Waals surface area contributed by atoms with Gasteiger partial charge in [0.1, 0.15) is 5.75 Å². The standard InChI is InChI=1S/C23H26N2O3S/c1-3-21-20(14-23(26)27)22(4-2)25(24-21)15-17-10-12-19(13-11-17)29(28)16-18-8-6-5-7-9-18/h5-13H,3-4,14-16H2,1-2H3,(H,26,27). The molecule has 6 heteroatoms. The predicted octanol–water partition coefficient (Wildman–Crippen LogP) is 3.99. The molecule has 1 atom stereocenters. The zero-order chi connectivity index (χ0) is 20.8. The number of aryl methyl sites for hydroxylation is 1. The summed E-state index contributed by atoms with van der Waals surface area (Å²) >= 11 is -1.09. The molecule has 0 amide bonds. The van der Waals surface area contributed by atoms with Gasteiger partial charge in [-0.3, -0.25) is 9.48 Å². The van der Waals surface area contributed by atoms with Gasteiger partial charge in [-0.2, -0.15) is 5.10 Å². The lowest BCUT2D eigenvalue weighted by Gasteiger charge is -2.12. The minimum atomic E-state index is -1.09. The number of nitrogens with zero attached hydrogens (tertiary/aromatic N) is 2. The second kappa shape index (κ2) is 9.76. The first-order valence-corrected chi connectivity index (χ1v) is 11.1. The van der Waals surface area contributed by atoms with Crippen LogP contribution in [0.4, 0.5) is 0 Å². The Hall–Kier alpha value is -2.57. The van der Waals surface area contributed by atoms with Crippen molar-refractivity contribution in [2.24, 2.45) is 0 Å². The molecule has 3 aromatic rings. The highest BCUT2D eigenvalue weighted by atomic mass is 32.2. The summed E-state index contributed by atoms with van der Waals surface area (Å²) in [7, 11) is 0. The van der Waals surface area contributed by atoms with Crippen molar-refractivity contribution in [3.63, 3.8) is 0 Å². The second-order valence-corrected chi connectivity index (χ2v) is 8.38. The number of hydrogen-bond donors (Lipinski definition) is 1. The number of aliphatic carboxylic acids is 1. The summed E-state index contributed by atoms with van der Waals surface area (Å²) in [5.74, 6) is -0.336. The van der Waals surface area contributed by atoms with E-state index in [-0.39, 0.29) is 6.42 Å². The Kier molecular flexibility index (Phi) is 7.12. The largest absolute Gasteiger partial charge is 0.611 e. The Morgan fingerprint density at radius 1 is 1.03 bits per heavy atom. The first-order valence-electron chi connectivity index (χ1n) is 9.82. The molecule has 1 unspecified atom stereocenters. The van der Waals surface area contributed by atoms with E-state index in [0.717, 1.165) is 39.4 Å². The van der Waals surface area contributed by atoms with E-state index >= 15 is 0 Å². The molecule has 1 heterocycles. The molecule has 0 aliphatic heterocycles. The van der Waals surface area contributed by atoms with E-state index in [1.165, 1.54) is 0 Å². The van der Waals surface area contributed by atoms with Crippen molar-refractivity contribution in [1.82, 2.24) is 9.78 Å². The van der Waals surface area contributed by atoms with E-state index in [0.29, 0.717) is 18.7 Å². The molecule has 0 bridgehead atoms. The van der Waals surface area contributed by atoms with Crippen LogP contribution in [0, 0.1) is 0 Å². The quantitative estimate of drug-likeness (QED) is 0.541. The molecule has 29 heavy (non-hydrogen) atoms. The fourth-order valence-corrected chi connectivity index (χ4v) is 4.58. The molecule has 0 aliphatic carbocycles. The van der Waals surface area contributed by atoms with Crippen LogP contribution < -0.4 is 0 Å². The maximum Gasteiger partial charge on any atom is 0.307 e. The summed E-state index contributed by atoms with van der Waals surface area (Å²) < 4.78 is 14.5. The summed E-state index contributed by atoms with van der Waals surface area (Å²) in [4.78, 5) is 12.0. The van der Waals surface area contributed by atoms with Crippen molar-refractivity contribution in [3.8, 4) is 0 Å². The predicted molar refractivity (Wildman–Crippen MR) is 114 cm³/mol. The topological polar surface area (TPSA) is 78.2 Å². The monoisotopic (exact) mass is 410 g/mol. The molecule has 5 nitrogen and oxygen atoms in total. The molecule has 1 aromatic heterocycles. The Balaban J connectivity index is 1.75. The normalized spacial score (nSPS) is 12.1. The van der Waals surface area contributed by atoms with Crippen LogP contribution in [-0.2, 0) is 47.5 Å². The number of aromatic nitrogens is 2. The Labute approximate surface area is 174 Å². The molecule has 2 aromatic carbocycles. The second-order valence-electron chi connectivity index (χ2n) is 6.93. The highest BCUT2D eigenvalue weighted by molar-refractivity contribution is 7.90. The Morgan fingerprint density at radius 2 is 1.72 bits per heavy atom. The van der Waals surface area contributed by atoms with Gasteiger partial charge in [-0.25, -0.2) is 0 Å². The maximum atomic E-state index is 12.6. The van der Waals surface area contributed by atoms with Gasteiger partial charge < -0.3 is 9.66 Å². The Bertz CT molecular complexity index is 952. The zero-order valence-electron chi connectivity index (χ0n) is 16.8. The van der Waals surface area contributed by atoms with E-state index in [1.807, 2.05) is 73.1 Å². The van der Waals surface area contributed by atoms with Crippen molar-refractivity contribution < 1.29 is 14.5 Å². The molecular formula is C23H26N2O3S. The van der Waals surface area contributed by atoms with Crippen LogP contribution in [0.3, 0.4) is 0 Å². The average molecular weight is 411 g/mol. The fourth-order valence-electron chi connectivity index (χ4n) is 3.48. The molecule has 3 rings (SSSR count). The molecule has 0 fully saturated rings. The highest BCUT2D eigenvalue weighted by Gasteiger charge is 2.18. The summed E-state index contributed by atoms with van der Waals surface area (Å²) in [6.45, 7) is 4.59. The van der Waals surface area contributed by atoms with Gasteiger partial charge in [0.25, 0.3) is 0 Å². The molecule has 0 saturated heterocycles. The summed E-state index contributed by atoms with van der Waals surface area (Å²) in [6.07, 6.45) is 1.44. The van der Waals surface area contributed by atoms with Gasteiger partial charge in [0.05, 0.1) is 18.7 Å². The van der Waals surface area contributed by atoms with Gasteiger partial charge in [-0.05, 0) is 41.7 Å². The van der Waals surface area contributed by atoms with Gasteiger partial charge in [0.2, 0.25) is 0 Å². The molecule has 1 N–H and O–H groups in total. The van der Waals surface area contributed by atoms with E-state index in [4.69, 9.17) is 0 Å². The number of hydrogen-bond acceptors (Lipinski definition) is 3. The van der Waals surface area contributed by atoms with Crippen molar-refractivity contribution in [2.45, 2.75) is 50.3 Å². The summed E-state index contributed by atoms with van der Waals surface area (Å²) in [5, 5.41) is 13.9. The van der Waals surface area contributed by atoms with Crippen LogP contribution in [0.25, 0.3) is 0 Å². The number of carboxylic acids is 1. The van der Waals surface area contributed by atoms with E-state index in [1.54, 1.807) is 0 Å².